The molecule has 134 valence electrons. The van der Waals surface area contributed by atoms with E-state index in [-0.39, 0.29) is 18.0 Å². The highest BCUT2D eigenvalue weighted by atomic mass is 35.5. The number of aromatic nitrogens is 1. The topological polar surface area (TPSA) is 81.4 Å². The summed E-state index contributed by atoms with van der Waals surface area (Å²) >= 11 is 6.05. The van der Waals surface area contributed by atoms with E-state index in [1.807, 2.05) is 32.0 Å². The molecule has 6 nitrogen and oxygen atoms in total. The van der Waals surface area contributed by atoms with Crippen molar-refractivity contribution < 1.29 is 18.8 Å². The van der Waals surface area contributed by atoms with E-state index in [9.17, 15) is 9.59 Å². The van der Waals surface area contributed by atoms with E-state index in [1.165, 1.54) is 6.92 Å². The minimum absolute atomic E-state index is 0.0203. The number of amides is 1. The lowest BCUT2D eigenvalue weighted by Crippen LogP contribution is -2.35. The highest BCUT2D eigenvalue weighted by Gasteiger charge is 2.27. The Morgan fingerprint density at radius 1 is 1.28 bits per heavy atom. The third-order valence-corrected chi connectivity index (χ3v) is 4.05. The Labute approximate surface area is 151 Å². The standard InChI is InChI=1S/C18H21ClN2O4/c1-10(2)16-15(11(3)21-25-16)18(23)24-12(4)17(22)20-9-13-7-5-6-8-14(13)19/h5-8,10,12H,9H2,1-4H3,(H,20,22)/t12-/m0/s1. The number of ether oxygens (including phenoxy) is 1. The fourth-order valence-corrected chi connectivity index (χ4v) is 2.47. The molecule has 0 aliphatic carbocycles. The van der Waals surface area contributed by atoms with Crippen molar-refractivity contribution in [1.29, 1.82) is 0 Å². The second kappa shape index (κ2) is 8.16. The van der Waals surface area contributed by atoms with Crippen LogP contribution in [0.4, 0.5) is 0 Å². The van der Waals surface area contributed by atoms with E-state index in [2.05, 4.69) is 10.5 Å². The normalized spacial score (nSPS) is 12.1. The lowest BCUT2D eigenvalue weighted by atomic mass is 10.1. The van der Waals surface area contributed by atoms with Crippen LogP contribution in [-0.2, 0) is 16.1 Å². The molecule has 1 heterocycles. The molecule has 25 heavy (non-hydrogen) atoms. The van der Waals surface area contributed by atoms with Crippen LogP contribution in [0, 0.1) is 6.92 Å². The fraction of sp³-hybridized carbons (Fsp3) is 0.389. The summed E-state index contributed by atoms with van der Waals surface area (Å²) in [5.74, 6) is -0.601. The van der Waals surface area contributed by atoms with Gasteiger partial charge in [-0.15, -0.1) is 0 Å². The average Bonchev–Trinajstić information content (AvgIpc) is 2.95. The van der Waals surface area contributed by atoms with Crippen LogP contribution in [0.2, 0.25) is 5.02 Å². The lowest BCUT2D eigenvalue weighted by molar-refractivity contribution is -0.129. The van der Waals surface area contributed by atoms with E-state index in [4.69, 9.17) is 20.9 Å². The first-order valence-corrected chi connectivity index (χ1v) is 8.37. The molecule has 1 aromatic heterocycles. The van der Waals surface area contributed by atoms with Gasteiger partial charge in [0.05, 0.1) is 5.69 Å². The van der Waals surface area contributed by atoms with Gasteiger partial charge in [-0.2, -0.15) is 0 Å². The molecule has 0 saturated carbocycles. The molecule has 0 fully saturated rings. The molecule has 7 heteroatoms. The molecule has 2 aromatic rings. The van der Waals surface area contributed by atoms with Gasteiger partial charge in [-0.1, -0.05) is 48.8 Å². The second-order valence-corrected chi connectivity index (χ2v) is 6.43. The maximum atomic E-state index is 12.4. The minimum atomic E-state index is -0.954. The third-order valence-electron chi connectivity index (χ3n) is 3.68. The molecule has 0 unspecified atom stereocenters. The molecule has 0 bridgehead atoms. The number of halogens is 1. The van der Waals surface area contributed by atoms with E-state index in [1.54, 1.807) is 13.0 Å². The summed E-state index contributed by atoms with van der Waals surface area (Å²) in [5, 5.41) is 7.07. The number of rotatable bonds is 6. The zero-order valence-electron chi connectivity index (χ0n) is 14.6. The van der Waals surface area contributed by atoms with Gasteiger partial charge in [0, 0.05) is 17.5 Å². The largest absolute Gasteiger partial charge is 0.449 e. The van der Waals surface area contributed by atoms with Crippen molar-refractivity contribution in [2.75, 3.05) is 0 Å². The molecule has 0 saturated heterocycles. The summed E-state index contributed by atoms with van der Waals surface area (Å²) in [6.07, 6.45) is -0.954. The van der Waals surface area contributed by atoms with Crippen LogP contribution in [0.15, 0.2) is 28.8 Å². The molecule has 1 N–H and O–H groups in total. The number of nitrogens with zero attached hydrogens (tertiary/aromatic N) is 1. The van der Waals surface area contributed by atoms with E-state index in [0.29, 0.717) is 16.5 Å². The van der Waals surface area contributed by atoms with Crippen molar-refractivity contribution >= 4 is 23.5 Å². The Morgan fingerprint density at radius 2 is 1.96 bits per heavy atom. The summed E-state index contributed by atoms with van der Waals surface area (Å²) in [4.78, 5) is 24.5. The first-order chi connectivity index (χ1) is 11.8. The Kier molecular flexibility index (Phi) is 6.20. The monoisotopic (exact) mass is 364 g/mol. The summed E-state index contributed by atoms with van der Waals surface area (Å²) in [6, 6.07) is 7.20. The smallest absolute Gasteiger partial charge is 0.344 e. The molecule has 1 amide bonds. The average molecular weight is 365 g/mol. The summed E-state index contributed by atoms with van der Waals surface area (Å²) in [7, 11) is 0. The van der Waals surface area contributed by atoms with Gasteiger partial charge in [-0.3, -0.25) is 4.79 Å². The Balaban J connectivity index is 1.98. The number of hydrogen-bond donors (Lipinski definition) is 1. The van der Waals surface area contributed by atoms with Crippen molar-refractivity contribution in [2.45, 2.75) is 46.3 Å². The molecule has 0 aliphatic rings. The predicted octanol–water partition coefficient (Wildman–Crippen LogP) is 3.62. The number of carbonyl (C=O) groups is 2. The van der Waals surface area contributed by atoms with Gasteiger partial charge in [-0.05, 0) is 25.5 Å². The molecular weight excluding hydrogens is 344 g/mol. The summed E-state index contributed by atoms with van der Waals surface area (Å²) in [5.41, 5.74) is 1.51. The van der Waals surface area contributed by atoms with E-state index >= 15 is 0 Å². The SMILES string of the molecule is Cc1noc(C(C)C)c1C(=O)O[C@@H](C)C(=O)NCc1ccccc1Cl. The number of nitrogens with one attached hydrogen (secondary N) is 1. The maximum absolute atomic E-state index is 12.4. The van der Waals surface area contributed by atoms with Gasteiger partial charge in [-0.25, -0.2) is 4.79 Å². The van der Waals surface area contributed by atoms with Crippen molar-refractivity contribution in [3.8, 4) is 0 Å². The Morgan fingerprint density at radius 3 is 2.60 bits per heavy atom. The minimum Gasteiger partial charge on any atom is -0.449 e. The van der Waals surface area contributed by atoms with Crippen molar-refractivity contribution in [2.24, 2.45) is 0 Å². The Hall–Kier alpha value is -2.34. The van der Waals surface area contributed by atoms with Gasteiger partial charge in [0.25, 0.3) is 5.91 Å². The van der Waals surface area contributed by atoms with E-state index < -0.39 is 18.0 Å². The van der Waals surface area contributed by atoms with Gasteiger partial charge >= 0.3 is 5.97 Å². The van der Waals surface area contributed by atoms with Gasteiger partial charge in [0.2, 0.25) is 0 Å². The number of esters is 1. The quantitative estimate of drug-likeness (QED) is 0.791. The molecule has 1 aromatic carbocycles. The highest BCUT2D eigenvalue weighted by Crippen LogP contribution is 2.23. The van der Waals surface area contributed by atoms with Crippen molar-refractivity contribution in [3.05, 3.63) is 51.9 Å². The van der Waals surface area contributed by atoms with Gasteiger partial charge < -0.3 is 14.6 Å². The summed E-state index contributed by atoms with van der Waals surface area (Å²) in [6.45, 7) is 7.20. The zero-order chi connectivity index (χ0) is 18.6. The van der Waals surface area contributed by atoms with Crippen LogP contribution in [0.1, 0.15) is 54.1 Å². The Bertz CT molecular complexity index is 770. The molecule has 0 spiro atoms. The number of benzene rings is 1. The van der Waals surface area contributed by atoms with Crippen LogP contribution >= 0.6 is 11.6 Å². The summed E-state index contributed by atoms with van der Waals surface area (Å²) < 4.78 is 10.4. The van der Waals surface area contributed by atoms with Gasteiger partial charge in [0.15, 0.2) is 11.9 Å². The van der Waals surface area contributed by atoms with Crippen LogP contribution < -0.4 is 5.32 Å². The molecule has 0 radical (unpaired) electrons. The van der Waals surface area contributed by atoms with Crippen molar-refractivity contribution in [1.82, 2.24) is 10.5 Å². The van der Waals surface area contributed by atoms with Gasteiger partial charge in [0.1, 0.15) is 5.56 Å². The number of hydrogen-bond acceptors (Lipinski definition) is 5. The first-order valence-electron chi connectivity index (χ1n) is 7.99. The predicted molar refractivity (Wildman–Crippen MR) is 93.5 cm³/mol. The van der Waals surface area contributed by atoms with Crippen LogP contribution in [0.5, 0.6) is 0 Å². The van der Waals surface area contributed by atoms with Crippen LogP contribution in [-0.4, -0.2) is 23.1 Å². The zero-order valence-corrected chi connectivity index (χ0v) is 15.4. The second-order valence-electron chi connectivity index (χ2n) is 6.02. The molecule has 1 atom stereocenters. The molecule has 0 aliphatic heterocycles. The number of aryl methyl sites for hydroxylation is 1. The maximum Gasteiger partial charge on any atom is 0.344 e. The molecular formula is C18H21ClN2O4. The van der Waals surface area contributed by atoms with Crippen LogP contribution in [0.25, 0.3) is 0 Å². The van der Waals surface area contributed by atoms with Crippen LogP contribution in [0.3, 0.4) is 0 Å². The fourth-order valence-electron chi connectivity index (χ4n) is 2.27. The lowest BCUT2D eigenvalue weighted by Gasteiger charge is -2.14. The highest BCUT2D eigenvalue weighted by molar-refractivity contribution is 6.31. The first kappa shape index (κ1) is 19.0. The van der Waals surface area contributed by atoms with E-state index in [0.717, 1.165) is 5.56 Å². The van der Waals surface area contributed by atoms with Crippen molar-refractivity contribution in [3.63, 3.8) is 0 Å². The number of carbonyl (C=O) groups excluding carboxylic acids is 2. The third kappa shape index (κ3) is 4.60. The molecule has 2 rings (SSSR count).